The molecule has 24 heavy (non-hydrogen) atoms. The van der Waals surface area contributed by atoms with Crippen molar-refractivity contribution in [2.24, 2.45) is 0 Å². The highest BCUT2D eigenvalue weighted by atomic mass is 32.2. The Kier molecular flexibility index (Phi) is 4.57. The molecular weight excluding hydrogens is 326 g/mol. The number of hydrogen-bond donors (Lipinski definition) is 1. The van der Waals surface area contributed by atoms with E-state index < -0.39 is 9.84 Å². The summed E-state index contributed by atoms with van der Waals surface area (Å²) < 4.78 is 28.5. The number of fused-ring (bicyclic) bond motifs is 1. The second kappa shape index (κ2) is 6.65. The van der Waals surface area contributed by atoms with Crippen molar-refractivity contribution in [1.29, 1.82) is 0 Å². The van der Waals surface area contributed by atoms with Crippen molar-refractivity contribution in [3.63, 3.8) is 0 Å². The normalized spacial score (nSPS) is 16.3. The van der Waals surface area contributed by atoms with Crippen molar-refractivity contribution in [2.75, 3.05) is 12.8 Å². The van der Waals surface area contributed by atoms with Crippen LogP contribution in [0.25, 0.3) is 0 Å². The molecule has 126 valence electrons. The number of ether oxygens (including phenoxy) is 1. The molecular formula is C18H19NO4S. The summed E-state index contributed by atoms with van der Waals surface area (Å²) in [6.45, 7) is 0.407. The molecule has 0 saturated heterocycles. The third-order valence-electron chi connectivity index (χ3n) is 3.82. The van der Waals surface area contributed by atoms with Crippen LogP contribution in [0.2, 0.25) is 0 Å². The van der Waals surface area contributed by atoms with Crippen LogP contribution < -0.4 is 10.1 Å². The van der Waals surface area contributed by atoms with Crippen LogP contribution in [0.3, 0.4) is 0 Å². The zero-order valence-corrected chi connectivity index (χ0v) is 14.2. The molecule has 0 saturated carbocycles. The first-order valence-corrected chi connectivity index (χ1v) is 9.76. The number of carbonyl (C=O) groups excluding carboxylic acids is 1. The predicted molar refractivity (Wildman–Crippen MR) is 91.9 cm³/mol. The van der Waals surface area contributed by atoms with Crippen molar-refractivity contribution >= 4 is 15.7 Å². The summed E-state index contributed by atoms with van der Waals surface area (Å²) in [6, 6.07) is 14.5. The second-order valence-electron chi connectivity index (χ2n) is 6.03. The molecule has 1 aliphatic heterocycles. The van der Waals surface area contributed by atoms with Crippen molar-refractivity contribution < 1.29 is 17.9 Å². The van der Waals surface area contributed by atoms with Crippen LogP contribution in [0, 0.1) is 0 Å². The molecule has 1 amide bonds. The summed E-state index contributed by atoms with van der Waals surface area (Å²) in [6.07, 6.45) is 1.87. The number of amides is 1. The Labute approximate surface area is 141 Å². The molecule has 0 fully saturated rings. The average Bonchev–Trinajstić information content (AvgIpc) is 2.94. The Balaban J connectivity index is 1.59. The lowest BCUT2D eigenvalue weighted by Gasteiger charge is -2.12. The molecule has 3 rings (SSSR count). The molecule has 0 radical (unpaired) electrons. The average molecular weight is 345 g/mol. The number of carbonyl (C=O) groups is 1. The van der Waals surface area contributed by atoms with E-state index in [1.54, 1.807) is 24.3 Å². The van der Waals surface area contributed by atoms with Gasteiger partial charge < -0.3 is 10.1 Å². The number of hydrogen-bond acceptors (Lipinski definition) is 4. The van der Waals surface area contributed by atoms with Crippen LogP contribution in [0.4, 0.5) is 0 Å². The van der Waals surface area contributed by atoms with Crippen molar-refractivity contribution in [2.45, 2.75) is 18.3 Å². The van der Waals surface area contributed by atoms with Crippen LogP contribution >= 0.6 is 0 Å². The molecule has 1 atom stereocenters. The fraction of sp³-hybridized carbons (Fsp3) is 0.278. The lowest BCUT2D eigenvalue weighted by molar-refractivity contribution is 0.0933. The van der Waals surface area contributed by atoms with Gasteiger partial charge in [-0.25, -0.2) is 8.42 Å². The fourth-order valence-corrected chi connectivity index (χ4v) is 3.57. The molecule has 1 aliphatic rings. The van der Waals surface area contributed by atoms with Gasteiger partial charge in [-0.15, -0.1) is 0 Å². The zero-order valence-electron chi connectivity index (χ0n) is 13.4. The number of rotatable bonds is 5. The first kappa shape index (κ1) is 16.5. The Bertz CT molecular complexity index is 836. The van der Waals surface area contributed by atoms with Gasteiger partial charge in [0, 0.05) is 18.2 Å². The molecule has 0 bridgehead atoms. The van der Waals surface area contributed by atoms with Gasteiger partial charge in [0.1, 0.15) is 11.9 Å². The minimum absolute atomic E-state index is 0.0742. The highest BCUT2D eigenvalue weighted by Gasteiger charge is 2.22. The van der Waals surface area contributed by atoms with E-state index in [2.05, 4.69) is 5.32 Å². The number of benzene rings is 2. The van der Waals surface area contributed by atoms with E-state index in [1.807, 2.05) is 24.3 Å². The third-order valence-corrected chi connectivity index (χ3v) is 4.68. The smallest absolute Gasteiger partial charge is 0.251 e. The summed E-state index contributed by atoms with van der Waals surface area (Å²) in [5.74, 6) is 0.562. The van der Waals surface area contributed by atoms with Crippen molar-refractivity contribution in [3.05, 3.63) is 65.2 Å². The van der Waals surface area contributed by atoms with E-state index in [0.717, 1.165) is 17.7 Å². The van der Waals surface area contributed by atoms with Gasteiger partial charge in [-0.2, -0.15) is 0 Å². The quantitative estimate of drug-likeness (QED) is 0.899. The monoisotopic (exact) mass is 345 g/mol. The van der Waals surface area contributed by atoms with Crippen molar-refractivity contribution in [3.8, 4) is 5.75 Å². The van der Waals surface area contributed by atoms with Gasteiger partial charge in [0.05, 0.1) is 12.3 Å². The van der Waals surface area contributed by atoms with Crippen LogP contribution in [0.5, 0.6) is 5.75 Å². The summed E-state index contributed by atoms with van der Waals surface area (Å²) in [5, 5.41) is 2.85. The first-order chi connectivity index (χ1) is 11.4. The van der Waals surface area contributed by atoms with Crippen molar-refractivity contribution in [1.82, 2.24) is 5.32 Å². The van der Waals surface area contributed by atoms with Crippen LogP contribution in [0.1, 0.15) is 21.5 Å². The van der Waals surface area contributed by atoms with Gasteiger partial charge in [-0.1, -0.05) is 30.3 Å². The SMILES string of the molecule is CS(=O)(=O)Cc1cccc(C(=O)NC[C@H]2Cc3ccccc3O2)c1. The van der Waals surface area contributed by atoms with Gasteiger partial charge in [-0.3, -0.25) is 4.79 Å². The third kappa shape index (κ3) is 4.14. The molecule has 5 nitrogen and oxygen atoms in total. The topological polar surface area (TPSA) is 72.5 Å². The molecule has 1 heterocycles. The van der Waals surface area contributed by atoms with Gasteiger partial charge >= 0.3 is 0 Å². The molecule has 0 aromatic heterocycles. The number of sulfone groups is 1. The molecule has 1 N–H and O–H groups in total. The Hall–Kier alpha value is -2.34. The van der Waals surface area contributed by atoms with E-state index in [9.17, 15) is 13.2 Å². The largest absolute Gasteiger partial charge is 0.488 e. The van der Waals surface area contributed by atoms with E-state index in [-0.39, 0.29) is 17.8 Å². The predicted octanol–water partition coefficient (Wildman–Crippen LogP) is 1.96. The molecule has 0 spiro atoms. The van der Waals surface area contributed by atoms with Crippen LogP contribution in [0.15, 0.2) is 48.5 Å². The van der Waals surface area contributed by atoms with Gasteiger partial charge in [0.15, 0.2) is 9.84 Å². The zero-order chi connectivity index (χ0) is 17.2. The number of para-hydroxylation sites is 1. The lowest BCUT2D eigenvalue weighted by Crippen LogP contribution is -2.34. The van der Waals surface area contributed by atoms with Gasteiger partial charge in [0.25, 0.3) is 5.91 Å². The maximum atomic E-state index is 12.3. The Morgan fingerprint density at radius 1 is 1.21 bits per heavy atom. The maximum absolute atomic E-state index is 12.3. The molecule has 2 aromatic rings. The van der Waals surface area contributed by atoms with Gasteiger partial charge in [0.2, 0.25) is 0 Å². The summed E-state index contributed by atoms with van der Waals surface area (Å²) in [4.78, 5) is 12.3. The first-order valence-electron chi connectivity index (χ1n) is 7.70. The van der Waals surface area contributed by atoms with E-state index in [4.69, 9.17) is 4.74 Å². The summed E-state index contributed by atoms with van der Waals surface area (Å²) in [7, 11) is -3.13. The Morgan fingerprint density at radius 2 is 2.00 bits per heavy atom. The highest BCUT2D eigenvalue weighted by molar-refractivity contribution is 7.89. The van der Waals surface area contributed by atoms with E-state index in [1.165, 1.54) is 6.26 Å². The molecule has 6 heteroatoms. The molecule has 0 aliphatic carbocycles. The van der Waals surface area contributed by atoms with E-state index in [0.29, 0.717) is 17.7 Å². The minimum Gasteiger partial charge on any atom is -0.488 e. The second-order valence-corrected chi connectivity index (χ2v) is 8.17. The van der Waals surface area contributed by atoms with Crippen LogP contribution in [-0.4, -0.2) is 33.2 Å². The van der Waals surface area contributed by atoms with Crippen LogP contribution in [-0.2, 0) is 22.0 Å². The maximum Gasteiger partial charge on any atom is 0.251 e. The number of nitrogens with one attached hydrogen (secondary N) is 1. The fourth-order valence-electron chi connectivity index (χ4n) is 2.78. The lowest BCUT2D eigenvalue weighted by atomic mass is 10.1. The molecule has 2 aromatic carbocycles. The van der Waals surface area contributed by atoms with E-state index >= 15 is 0 Å². The molecule has 0 unspecified atom stereocenters. The Morgan fingerprint density at radius 3 is 2.75 bits per heavy atom. The van der Waals surface area contributed by atoms with Gasteiger partial charge in [-0.05, 0) is 29.3 Å². The standard InChI is InChI=1S/C18H19NO4S/c1-24(21,22)12-13-5-4-7-15(9-13)18(20)19-11-16-10-14-6-2-3-8-17(14)23-16/h2-9,16H,10-12H2,1H3,(H,19,20)/t16-/m1/s1. The summed E-state index contributed by atoms with van der Waals surface area (Å²) in [5.41, 5.74) is 2.20. The minimum atomic E-state index is -3.13. The summed E-state index contributed by atoms with van der Waals surface area (Å²) >= 11 is 0. The highest BCUT2D eigenvalue weighted by Crippen LogP contribution is 2.27.